The first-order valence-corrected chi connectivity index (χ1v) is 11.9. The summed E-state index contributed by atoms with van der Waals surface area (Å²) in [6.07, 6.45) is 3.41. The van der Waals surface area contributed by atoms with Crippen LogP contribution < -0.4 is 5.73 Å². The average Bonchev–Trinajstić information content (AvgIpc) is 2.68. The lowest BCUT2D eigenvalue weighted by molar-refractivity contribution is -0.267. The Labute approximate surface area is 183 Å². The summed E-state index contributed by atoms with van der Waals surface area (Å²) in [6.45, 7) is 6.48. The SMILES string of the molecule is CCCCCCCCSc1ccc(CCC2(N)COC(C)(C)OC2)cc1C(F)(F)F. The van der Waals surface area contributed by atoms with Gasteiger partial charge in [0.1, 0.15) is 0 Å². The lowest BCUT2D eigenvalue weighted by Gasteiger charge is -2.41. The van der Waals surface area contributed by atoms with E-state index in [1.54, 1.807) is 12.1 Å². The largest absolute Gasteiger partial charge is 0.417 e. The summed E-state index contributed by atoms with van der Waals surface area (Å²) in [4.78, 5) is 0.313. The van der Waals surface area contributed by atoms with Crippen molar-refractivity contribution in [3.8, 4) is 0 Å². The van der Waals surface area contributed by atoms with Crippen molar-refractivity contribution in [3.63, 3.8) is 0 Å². The highest BCUT2D eigenvalue weighted by atomic mass is 32.2. The third-order valence-electron chi connectivity index (χ3n) is 5.43. The van der Waals surface area contributed by atoms with E-state index in [1.807, 2.05) is 13.8 Å². The first kappa shape index (κ1) is 25.5. The van der Waals surface area contributed by atoms with Crippen LogP contribution in [0.3, 0.4) is 0 Å². The Balaban J connectivity index is 1.92. The summed E-state index contributed by atoms with van der Waals surface area (Å²) in [7, 11) is 0. The molecule has 1 aliphatic rings. The highest BCUT2D eigenvalue weighted by Gasteiger charge is 2.37. The molecule has 2 rings (SSSR count). The van der Waals surface area contributed by atoms with Crippen LogP contribution >= 0.6 is 11.8 Å². The predicted molar refractivity (Wildman–Crippen MR) is 117 cm³/mol. The lowest BCUT2D eigenvalue weighted by atomic mass is 9.92. The highest BCUT2D eigenvalue weighted by molar-refractivity contribution is 7.99. The molecule has 1 heterocycles. The van der Waals surface area contributed by atoms with Crippen LogP contribution in [0.4, 0.5) is 13.2 Å². The normalized spacial score (nSPS) is 18.5. The molecule has 0 aromatic heterocycles. The number of aryl methyl sites for hydroxylation is 1. The predicted octanol–water partition coefficient (Wildman–Crippen LogP) is 6.57. The van der Waals surface area contributed by atoms with E-state index in [0.29, 0.717) is 42.3 Å². The summed E-state index contributed by atoms with van der Waals surface area (Å²) >= 11 is 1.31. The van der Waals surface area contributed by atoms with Crippen LogP contribution in [0.15, 0.2) is 23.1 Å². The number of hydrogen-bond donors (Lipinski definition) is 1. The van der Waals surface area contributed by atoms with Gasteiger partial charge >= 0.3 is 6.18 Å². The van der Waals surface area contributed by atoms with Gasteiger partial charge in [-0.2, -0.15) is 13.2 Å². The summed E-state index contributed by atoms with van der Waals surface area (Å²) in [5.41, 5.74) is 5.75. The van der Waals surface area contributed by atoms with Crippen molar-refractivity contribution >= 4 is 11.8 Å². The Kier molecular flexibility index (Phi) is 9.53. The molecule has 0 atom stereocenters. The quantitative estimate of drug-likeness (QED) is 0.308. The molecule has 1 aromatic rings. The van der Waals surface area contributed by atoms with Crippen molar-refractivity contribution < 1.29 is 22.6 Å². The van der Waals surface area contributed by atoms with Crippen molar-refractivity contribution in [1.82, 2.24) is 0 Å². The zero-order valence-corrected chi connectivity index (χ0v) is 19.3. The molecule has 7 heteroatoms. The van der Waals surface area contributed by atoms with Gasteiger partial charge in [-0.3, -0.25) is 0 Å². The third-order valence-corrected chi connectivity index (χ3v) is 6.59. The molecule has 30 heavy (non-hydrogen) atoms. The molecule has 1 fully saturated rings. The van der Waals surface area contributed by atoms with Crippen LogP contribution in [-0.4, -0.2) is 30.3 Å². The Bertz CT molecular complexity index is 654. The number of thioether (sulfide) groups is 1. The summed E-state index contributed by atoms with van der Waals surface area (Å²) in [5.74, 6) is 0.0477. The van der Waals surface area contributed by atoms with E-state index in [1.165, 1.54) is 37.1 Å². The molecule has 3 nitrogen and oxygen atoms in total. The number of ether oxygens (including phenoxy) is 2. The molecule has 172 valence electrons. The summed E-state index contributed by atoms with van der Waals surface area (Å²) < 4.78 is 52.1. The molecule has 1 aliphatic heterocycles. The van der Waals surface area contributed by atoms with Gasteiger partial charge in [0.25, 0.3) is 0 Å². The Morgan fingerprint density at radius 1 is 1.03 bits per heavy atom. The molecule has 1 saturated heterocycles. The minimum absolute atomic E-state index is 0.313. The molecule has 0 spiro atoms. The first-order valence-electron chi connectivity index (χ1n) is 10.9. The topological polar surface area (TPSA) is 44.5 Å². The zero-order chi connectivity index (χ0) is 22.3. The van der Waals surface area contributed by atoms with E-state index in [0.717, 1.165) is 19.3 Å². The number of benzene rings is 1. The van der Waals surface area contributed by atoms with Crippen molar-refractivity contribution in [2.45, 2.75) is 94.5 Å². The lowest BCUT2D eigenvalue weighted by Crippen LogP contribution is -2.57. The van der Waals surface area contributed by atoms with Gasteiger partial charge in [0.2, 0.25) is 0 Å². The molecule has 0 radical (unpaired) electrons. The van der Waals surface area contributed by atoms with Crippen molar-refractivity contribution in [2.75, 3.05) is 19.0 Å². The minimum Gasteiger partial charge on any atom is -0.349 e. The second kappa shape index (κ2) is 11.2. The van der Waals surface area contributed by atoms with Crippen LogP contribution in [0.25, 0.3) is 0 Å². The number of halogens is 3. The number of nitrogens with two attached hydrogens (primary N) is 1. The maximum absolute atomic E-state index is 13.6. The van der Waals surface area contributed by atoms with Crippen molar-refractivity contribution in [2.24, 2.45) is 5.73 Å². The molecular formula is C23H36F3NO2S. The first-order chi connectivity index (χ1) is 14.0. The van der Waals surface area contributed by atoms with Gasteiger partial charge in [-0.25, -0.2) is 0 Å². The number of alkyl halides is 3. The fourth-order valence-corrected chi connectivity index (χ4v) is 4.46. The molecular weight excluding hydrogens is 411 g/mol. The van der Waals surface area contributed by atoms with Gasteiger partial charge < -0.3 is 15.2 Å². The van der Waals surface area contributed by atoms with Crippen molar-refractivity contribution in [1.29, 1.82) is 0 Å². The average molecular weight is 448 g/mol. The van der Waals surface area contributed by atoms with Crippen LogP contribution in [0.1, 0.15) is 76.8 Å². The summed E-state index contributed by atoms with van der Waals surface area (Å²) in [6, 6.07) is 4.68. The smallest absolute Gasteiger partial charge is 0.349 e. The molecule has 0 saturated carbocycles. The van der Waals surface area contributed by atoms with Gasteiger partial charge in [0.15, 0.2) is 5.79 Å². The zero-order valence-electron chi connectivity index (χ0n) is 18.4. The highest BCUT2D eigenvalue weighted by Crippen LogP contribution is 2.38. The fourth-order valence-electron chi connectivity index (χ4n) is 3.40. The second-order valence-corrected chi connectivity index (χ2v) is 9.92. The fraction of sp³-hybridized carbons (Fsp3) is 0.739. The standard InChI is InChI=1S/C23H36F3NO2S/c1-4-5-6-7-8-9-14-30-20-11-10-18(15-19(20)23(24,25)26)12-13-22(27)16-28-21(2,3)29-17-22/h10-11,15H,4-9,12-14,16-17,27H2,1-3H3. The van der Waals surface area contributed by atoms with Gasteiger partial charge in [-0.05, 0) is 56.6 Å². The van der Waals surface area contributed by atoms with E-state index < -0.39 is 23.1 Å². The Morgan fingerprint density at radius 3 is 2.30 bits per heavy atom. The van der Waals surface area contributed by atoms with Gasteiger partial charge in [-0.1, -0.05) is 45.1 Å². The van der Waals surface area contributed by atoms with Gasteiger partial charge in [0.05, 0.1) is 24.3 Å². The van der Waals surface area contributed by atoms with Gasteiger partial charge in [0, 0.05) is 4.90 Å². The van der Waals surface area contributed by atoms with E-state index in [9.17, 15) is 13.2 Å². The minimum atomic E-state index is -4.36. The molecule has 0 unspecified atom stereocenters. The molecule has 0 aliphatic carbocycles. The second-order valence-electron chi connectivity index (χ2n) is 8.78. The third kappa shape index (κ3) is 8.40. The maximum atomic E-state index is 13.6. The van der Waals surface area contributed by atoms with Crippen molar-refractivity contribution in [3.05, 3.63) is 29.3 Å². The van der Waals surface area contributed by atoms with E-state index >= 15 is 0 Å². The molecule has 0 bridgehead atoms. The van der Waals surface area contributed by atoms with Gasteiger partial charge in [-0.15, -0.1) is 11.8 Å². The van der Waals surface area contributed by atoms with Crippen LogP contribution in [-0.2, 0) is 22.1 Å². The number of rotatable bonds is 11. The number of unbranched alkanes of at least 4 members (excludes halogenated alkanes) is 5. The molecule has 1 aromatic carbocycles. The van der Waals surface area contributed by atoms with Crippen LogP contribution in [0, 0.1) is 0 Å². The number of hydrogen-bond acceptors (Lipinski definition) is 4. The Hall–Kier alpha value is -0.760. The van der Waals surface area contributed by atoms with Crippen LogP contribution in [0.2, 0.25) is 0 Å². The monoisotopic (exact) mass is 447 g/mol. The van der Waals surface area contributed by atoms with E-state index in [-0.39, 0.29) is 0 Å². The van der Waals surface area contributed by atoms with E-state index in [2.05, 4.69) is 6.92 Å². The van der Waals surface area contributed by atoms with E-state index in [4.69, 9.17) is 15.2 Å². The molecule has 2 N–H and O–H groups in total. The van der Waals surface area contributed by atoms with Crippen LogP contribution in [0.5, 0.6) is 0 Å². The molecule has 0 amide bonds. The Morgan fingerprint density at radius 2 is 1.67 bits per heavy atom. The maximum Gasteiger partial charge on any atom is 0.417 e. The summed E-state index contributed by atoms with van der Waals surface area (Å²) in [5, 5.41) is 0.